The monoisotopic (exact) mass is 631 g/mol. The molecule has 5 rings (SSSR count). The predicted molar refractivity (Wildman–Crippen MR) is 176 cm³/mol. The van der Waals surface area contributed by atoms with Crippen molar-refractivity contribution in [2.75, 3.05) is 37.3 Å². The van der Waals surface area contributed by atoms with Gasteiger partial charge in [0.1, 0.15) is 17.6 Å². The number of piperidine rings is 1. The third-order valence-corrected chi connectivity index (χ3v) is 8.24. The van der Waals surface area contributed by atoms with Crippen molar-refractivity contribution in [3.8, 4) is 6.07 Å². The van der Waals surface area contributed by atoms with Gasteiger partial charge >= 0.3 is 0 Å². The van der Waals surface area contributed by atoms with E-state index in [-0.39, 0.29) is 16.6 Å². The Morgan fingerprint density at radius 3 is 2.70 bits per heavy atom. The van der Waals surface area contributed by atoms with Gasteiger partial charge in [-0.3, -0.25) is 9.98 Å². The summed E-state index contributed by atoms with van der Waals surface area (Å²) in [5.74, 6) is -0.541. The lowest BCUT2D eigenvalue weighted by Crippen LogP contribution is -2.34. The fourth-order valence-corrected chi connectivity index (χ4v) is 5.70. The predicted octanol–water partition coefficient (Wildman–Crippen LogP) is 7.51. The van der Waals surface area contributed by atoms with E-state index >= 15 is 0 Å². The molecule has 44 heavy (non-hydrogen) atoms. The van der Waals surface area contributed by atoms with E-state index in [1.165, 1.54) is 18.3 Å². The number of anilines is 3. The van der Waals surface area contributed by atoms with Gasteiger partial charge < -0.3 is 15.5 Å². The maximum absolute atomic E-state index is 13.8. The first-order valence-electron chi connectivity index (χ1n) is 14.2. The van der Waals surface area contributed by atoms with Crippen LogP contribution in [0.15, 0.2) is 72.0 Å². The van der Waals surface area contributed by atoms with Crippen molar-refractivity contribution < 1.29 is 4.39 Å². The summed E-state index contributed by atoms with van der Waals surface area (Å²) in [6.45, 7) is 9.58. The molecule has 9 nitrogen and oxygen atoms in total. The van der Waals surface area contributed by atoms with Crippen LogP contribution >= 0.6 is 23.2 Å². The normalized spacial score (nSPS) is 15.2. The van der Waals surface area contributed by atoms with E-state index in [0.717, 1.165) is 38.0 Å². The minimum atomic E-state index is -0.541. The van der Waals surface area contributed by atoms with Crippen molar-refractivity contribution in [2.24, 2.45) is 4.99 Å². The highest BCUT2D eigenvalue weighted by Gasteiger charge is 2.24. The first-order chi connectivity index (χ1) is 21.3. The molecule has 0 aliphatic carbocycles. The Morgan fingerprint density at radius 2 is 2.00 bits per heavy atom. The van der Waals surface area contributed by atoms with Crippen LogP contribution in [0.1, 0.15) is 43.1 Å². The third-order valence-electron chi connectivity index (χ3n) is 7.66. The second-order valence-electron chi connectivity index (χ2n) is 10.5. The molecular formula is C32H32Cl2FN9. The van der Waals surface area contributed by atoms with E-state index in [0.29, 0.717) is 38.7 Å². The average molecular weight is 633 g/mol. The number of nitrogens with one attached hydrogen (secondary N) is 2. The summed E-state index contributed by atoms with van der Waals surface area (Å²) in [5, 5.41) is 26.6. The molecule has 1 aliphatic heterocycles. The first-order valence-corrected chi connectivity index (χ1v) is 15.0. The Kier molecular flexibility index (Phi) is 9.90. The molecule has 12 heteroatoms. The fourth-order valence-electron chi connectivity index (χ4n) is 5.25. The van der Waals surface area contributed by atoms with Gasteiger partial charge in [-0.2, -0.15) is 5.26 Å². The van der Waals surface area contributed by atoms with Crippen LogP contribution in [0.5, 0.6) is 0 Å². The Balaban J connectivity index is 1.52. The molecule has 2 aromatic heterocycles. The van der Waals surface area contributed by atoms with Crippen LogP contribution < -0.4 is 10.6 Å². The molecule has 1 fully saturated rings. The maximum atomic E-state index is 13.8. The quantitative estimate of drug-likeness (QED) is 0.138. The molecule has 4 aromatic rings. The summed E-state index contributed by atoms with van der Waals surface area (Å²) in [6, 6.07) is 9.87. The summed E-state index contributed by atoms with van der Waals surface area (Å²) >= 11 is 12.8. The van der Waals surface area contributed by atoms with Crippen molar-refractivity contribution >= 4 is 57.4 Å². The van der Waals surface area contributed by atoms with Gasteiger partial charge in [-0.1, -0.05) is 48.0 Å². The van der Waals surface area contributed by atoms with Gasteiger partial charge in [0, 0.05) is 49.3 Å². The Labute approximate surface area is 265 Å². The molecule has 1 atom stereocenters. The number of likely N-dealkylation sites (tertiary alicyclic amines) is 1. The van der Waals surface area contributed by atoms with Crippen LogP contribution in [0.4, 0.5) is 21.5 Å². The standard InChI is InChI=1S/C32H32Cl2FN9/c1-4-43-12-9-24(10-13-43)44-19-29(41-42-44)30(20(2)6-5-11-37-3)40-23-14-25-31(39-22-7-8-28(35)26(33)15-22)21(17-36)18-38-32(25)27(34)16-23/h5-8,11,14-16,18-19,24,30,40H,2,4,9-10,12-13H2,1,3H3,(H,38,39)/b6-5-,37-11-/t30-/m0/s1. The van der Waals surface area contributed by atoms with E-state index < -0.39 is 11.9 Å². The molecule has 0 spiro atoms. The van der Waals surface area contributed by atoms with Gasteiger partial charge in [0.2, 0.25) is 0 Å². The lowest BCUT2D eigenvalue weighted by atomic mass is 10.0. The van der Waals surface area contributed by atoms with Crippen molar-refractivity contribution in [1.82, 2.24) is 24.9 Å². The van der Waals surface area contributed by atoms with Crippen LogP contribution in [0.3, 0.4) is 0 Å². The molecule has 0 amide bonds. The van der Waals surface area contributed by atoms with Crippen molar-refractivity contribution in [2.45, 2.75) is 31.8 Å². The van der Waals surface area contributed by atoms with E-state index in [9.17, 15) is 9.65 Å². The van der Waals surface area contributed by atoms with E-state index in [2.05, 4.69) is 55.4 Å². The number of halogens is 3. The molecule has 1 saturated heterocycles. The minimum Gasteiger partial charge on any atom is -0.373 e. The summed E-state index contributed by atoms with van der Waals surface area (Å²) in [5.41, 5.74) is 3.82. The van der Waals surface area contributed by atoms with E-state index in [4.69, 9.17) is 23.2 Å². The van der Waals surface area contributed by atoms with Crippen molar-refractivity contribution in [3.63, 3.8) is 0 Å². The molecular weight excluding hydrogens is 600 g/mol. The summed E-state index contributed by atoms with van der Waals surface area (Å²) in [6.07, 6.45) is 10.8. The van der Waals surface area contributed by atoms with Gasteiger partial charge in [0.15, 0.2) is 0 Å². The van der Waals surface area contributed by atoms with Crippen molar-refractivity contribution in [1.29, 1.82) is 5.26 Å². The van der Waals surface area contributed by atoms with Crippen LogP contribution in [-0.2, 0) is 0 Å². The highest BCUT2D eigenvalue weighted by Crippen LogP contribution is 2.37. The van der Waals surface area contributed by atoms with Crippen molar-refractivity contribution in [3.05, 3.63) is 94.1 Å². The largest absolute Gasteiger partial charge is 0.373 e. The van der Waals surface area contributed by atoms with E-state index in [1.54, 1.807) is 25.4 Å². The van der Waals surface area contributed by atoms with Crippen LogP contribution in [0.25, 0.3) is 10.9 Å². The fraction of sp³-hybridized carbons (Fsp3) is 0.281. The zero-order valence-corrected chi connectivity index (χ0v) is 25.9. The number of nitriles is 1. The second-order valence-corrected chi connectivity index (χ2v) is 11.3. The van der Waals surface area contributed by atoms with Crippen LogP contribution in [0, 0.1) is 17.1 Å². The Bertz CT molecular complexity index is 1770. The number of aliphatic imine (C=N–C) groups is 1. The Hall–Kier alpha value is -4.30. The lowest BCUT2D eigenvalue weighted by molar-refractivity contribution is 0.186. The second kappa shape index (κ2) is 14.0. The number of hydrogen-bond acceptors (Lipinski definition) is 8. The van der Waals surface area contributed by atoms with Gasteiger partial charge in [0.05, 0.1) is 45.1 Å². The van der Waals surface area contributed by atoms with Crippen LogP contribution in [0.2, 0.25) is 10.0 Å². The molecule has 0 unspecified atom stereocenters. The average Bonchev–Trinajstić information content (AvgIpc) is 3.52. The summed E-state index contributed by atoms with van der Waals surface area (Å²) in [7, 11) is 1.70. The maximum Gasteiger partial charge on any atom is 0.141 e. The topological polar surface area (TPSA) is 107 Å². The number of pyridine rings is 1. The van der Waals surface area contributed by atoms with Gasteiger partial charge in [-0.25, -0.2) is 9.07 Å². The molecule has 2 aromatic carbocycles. The number of hydrogen-bond donors (Lipinski definition) is 2. The molecule has 0 radical (unpaired) electrons. The number of rotatable bonds is 10. The number of aromatic nitrogens is 4. The van der Waals surface area contributed by atoms with Crippen LogP contribution in [-0.4, -0.2) is 57.8 Å². The molecule has 0 bridgehead atoms. The molecule has 2 N–H and O–H groups in total. The number of benzene rings is 2. The van der Waals surface area contributed by atoms with Gasteiger partial charge in [-0.05, 0) is 61.4 Å². The summed E-state index contributed by atoms with van der Waals surface area (Å²) in [4.78, 5) is 10.9. The minimum absolute atomic E-state index is 0.0428. The lowest BCUT2D eigenvalue weighted by Gasteiger charge is -2.30. The highest BCUT2D eigenvalue weighted by molar-refractivity contribution is 6.36. The number of allylic oxidation sites excluding steroid dienone is 1. The highest BCUT2D eigenvalue weighted by atomic mass is 35.5. The third kappa shape index (κ3) is 6.91. The number of nitrogens with zero attached hydrogens (tertiary/aromatic N) is 7. The number of fused-ring (bicyclic) bond motifs is 1. The Morgan fingerprint density at radius 1 is 1.23 bits per heavy atom. The smallest absolute Gasteiger partial charge is 0.141 e. The molecule has 226 valence electrons. The molecule has 1 aliphatic rings. The summed E-state index contributed by atoms with van der Waals surface area (Å²) < 4.78 is 15.8. The zero-order valence-electron chi connectivity index (χ0n) is 24.4. The van der Waals surface area contributed by atoms with E-state index in [1.807, 2.05) is 29.1 Å². The van der Waals surface area contributed by atoms with Gasteiger partial charge in [0.25, 0.3) is 0 Å². The molecule has 0 saturated carbocycles. The molecule has 3 heterocycles. The van der Waals surface area contributed by atoms with Gasteiger partial charge in [-0.15, -0.1) is 5.10 Å². The SMILES string of the molecule is C=C(/C=C\C=N/C)[C@H](Nc1cc(Cl)c2ncc(C#N)c(Nc3ccc(F)c(Cl)c3)c2c1)c1cn(C2CCN(CC)CC2)nn1. The zero-order chi connectivity index (χ0) is 31.2. The first kappa shape index (κ1) is 31.1.